The van der Waals surface area contributed by atoms with Crippen molar-refractivity contribution in [1.29, 1.82) is 0 Å². The first-order chi connectivity index (χ1) is 10.8. The van der Waals surface area contributed by atoms with Gasteiger partial charge in [-0.1, -0.05) is 0 Å². The number of amides is 1. The molecule has 1 fully saturated rings. The lowest BCUT2D eigenvalue weighted by atomic mass is 9.91. The lowest BCUT2D eigenvalue weighted by Crippen LogP contribution is -2.45. The van der Waals surface area contributed by atoms with Crippen molar-refractivity contribution in [2.75, 3.05) is 13.2 Å². The Morgan fingerprint density at radius 3 is 2.52 bits per heavy atom. The summed E-state index contributed by atoms with van der Waals surface area (Å²) in [6.45, 7) is 11.7. The van der Waals surface area contributed by atoms with Gasteiger partial charge in [0.15, 0.2) is 0 Å². The summed E-state index contributed by atoms with van der Waals surface area (Å²) in [7, 11) is 0. The molecule has 0 spiro atoms. The topological polar surface area (TPSA) is 59.6 Å². The second-order valence-electron chi connectivity index (χ2n) is 7.79. The van der Waals surface area contributed by atoms with Crippen LogP contribution in [-0.4, -0.2) is 43.0 Å². The molecule has 0 saturated heterocycles. The Morgan fingerprint density at radius 1 is 1.17 bits per heavy atom. The second kappa shape index (κ2) is 10.1. The second-order valence-corrected chi connectivity index (χ2v) is 7.79. The highest BCUT2D eigenvalue weighted by molar-refractivity contribution is 5.68. The Morgan fingerprint density at radius 2 is 1.87 bits per heavy atom. The van der Waals surface area contributed by atoms with Crippen LogP contribution in [-0.2, 0) is 9.47 Å². The molecule has 1 amide bonds. The molecule has 1 rings (SSSR count). The van der Waals surface area contributed by atoms with E-state index in [9.17, 15) is 4.79 Å². The van der Waals surface area contributed by atoms with E-state index in [4.69, 9.17) is 9.47 Å². The Balaban J connectivity index is 2.15. The molecule has 0 heterocycles. The largest absolute Gasteiger partial charge is 0.444 e. The van der Waals surface area contributed by atoms with Gasteiger partial charge in [0, 0.05) is 18.7 Å². The predicted octanol–water partition coefficient (Wildman–Crippen LogP) is 3.62. The molecule has 0 aliphatic heterocycles. The molecule has 0 aromatic carbocycles. The number of unbranched alkanes of at least 4 members (excludes halogenated alkanes) is 1. The third-order valence-corrected chi connectivity index (χ3v) is 3.85. The van der Waals surface area contributed by atoms with E-state index in [0.29, 0.717) is 12.1 Å². The number of nitrogens with one attached hydrogen (secondary N) is 2. The summed E-state index contributed by atoms with van der Waals surface area (Å²) in [5.41, 5.74) is -0.436. The molecule has 136 valence electrons. The van der Waals surface area contributed by atoms with Gasteiger partial charge < -0.3 is 20.1 Å². The average Bonchev–Trinajstić information content (AvgIpc) is 2.40. The van der Waals surface area contributed by atoms with Gasteiger partial charge in [-0.15, -0.1) is 0 Å². The maximum Gasteiger partial charge on any atom is 0.407 e. The number of ether oxygens (including phenoxy) is 2. The Labute approximate surface area is 141 Å². The third kappa shape index (κ3) is 10.6. The summed E-state index contributed by atoms with van der Waals surface area (Å²) in [6, 6.07) is 0.718. The van der Waals surface area contributed by atoms with Crippen molar-refractivity contribution in [2.45, 2.75) is 96.9 Å². The van der Waals surface area contributed by atoms with Crippen molar-refractivity contribution in [3.63, 3.8) is 0 Å². The lowest BCUT2D eigenvalue weighted by molar-refractivity contribution is 0.0488. The molecule has 5 nitrogen and oxygen atoms in total. The zero-order valence-corrected chi connectivity index (χ0v) is 15.6. The number of rotatable bonds is 8. The van der Waals surface area contributed by atoms with Crippen LogP contribution in [0.3, 0.4) is 0 Å². The van der Waals surface area contributed by atoms with Crippen LogP contribution in [0.25, 0.3) is 0 Å². The average molecular weight is 328 g/mol. The van der Waals surface area contributed by atoms with Crippen molar-refractivity contribution in [3.8, 4) is 0 Å². The molecule has 2 N–H and O–H groups in total. The fourth-order valence-electron chi connectivity index (χ4n) is 2.83. The van der Waals surface area contributed by atoms with Crippen LogP contribution >= 0.6 is 0 Å². The fourth-order valence-corrected chi connectivity index (χ4v) is 2.83. The highest BCUT2D eigenvalue weighted by atomic mass is 16.6. The van der Waals surface area contributed by atoms with E-state index in [1.165, 1.54) is 6.42 Å². The molecule has 1 aliphatic carbocycles. The van der Waals surface area contributed by atoms with Crippen LogP contribution < -0.4 is 10.6 Å². The van der Waals surface area contributed by atoms with Crippen LogP contribution in [0.2, 0.25) is 0 Å². The Bertz CT molecular complexity index is 340. The van der Waals surface area contributed by atoms with Crippen LogP contribution in [0.15, 0.2) is 0 Å². The van der Waals surface area contributed by atoms with Crippen molar-refractivity contribution in [2.24, 2.45) is 0 Å². The SMILES string of the molecule is CC(C)OCCCCNC1CCCC(NC(=O)OC(C)(C)C)C1. The zero-order valence-electron chi connectivity index (χ0n) is 15.6. The Kier molecular flexibility index (Phi) is 8.92. The van der Waals surface area contributed by atoms with Crippen molar-refractivity contribution < 1.29 is 14.3 Å². The van der Waals surface area contributed by atoms with Gasteiger partial charge in [-0.3, -0.25) is 0 Å². The molecule has 1 aliphatic rings. The van der Waals surface area contributed by atoms with Crippen LogP contribution in [0.4, 0.5) is 4.79 Å². The normalized spacial score (nSPS) is 22.2. The van der Waals surface area contributed by atoms with Crippen molar-refractivity contribution in [1.82, 2.24) is 10.6 Å². The highest BCUT2D eigenvalue weighted by Crippen LogP contribution is 2.19. The number of hydrogen-bond donors (Lipinski definition) is 2. The van der Waals surface area contributed by atoms with E-state index in [1.54, 1.807) is 0 Å². The molecular formula is C18H36N2O3. The molecule has 0 radical (unpaired) electrons. The first-order valence-electron chi connectivity index (χ1n) is 9.11. The number of carbonyl (C=O) groups excluding carboxylic acids is 1. The van der Waals surface area contributed by atoms with E-state index in [0.717, 1.165) is 45.3 Å². The lowest BCUT2D eigenvalue weighted by Gasteiger charge is -2.31. The molecule has 2 atom stereocenters. The molecule has 2 unspecified atom stereocenters. The number of carbonyl (C=O) groups is 1. The van der Waals surface area contributed by atoms with E-state index < -0.39 is 5.60 Å². The monoisotopic (exact) mass is 328 g/mol. The van der Waals surface area contributed by atoms with Gasteiger partial charge in [0.1, 0.15) is 5.60 Å². The summed E-state index contributed by atoms with van der Waals surface area (Å²) in [4.78, 5) is 11.9. The van der Waals surface area contributed by atoms with Gasteiger partial charge >= 0.3 is 6.09 Å². The van der Waals surface area contributed by atoms with Crippen LogP contribution in [0, 0.1) is 0 Å². The maximum atomic E-state index is 11.9. The van der Waals surface area contributed by atoms with Gasteiger partial charge in [0.2, 0.25) is 0 Å². The number of hydrogen-bond acceptors (Lipinski definition) is 4. The van der Waals surface area contributed by atoms with Gasteiger partial charge in [-0.2, -0.15) is 0 Å². The van der Waals surface area contributed by atoms with E-state index >= 15 is 0 Å². The molecule has 5 heteroatoms. The highest BCUT2D eigenvalue weighted by Gasteiger charge is 2.25. The smallest absolute Gasteiger partial charge is 0.407 e. The fraction of sp³-hybridized carbons (Fsp3) is 0.944. The molecule has 23 heavy (non-hydrogen) atoms. The van der Waals surface area contributed by atoms with Crippen LogP contribution in [0.1, 0.15) is 73.1 Å². The first kappa shape index (κ1) is 20.2. The summed E-state index contributed by atoms with van der Waals surface area (Å²) >= 11 is 0. The van der Waals surface area contributed by atoms with Gasteiger partial charge in [-0.05, 0) is 79.7 Å². The molecule has 0 aromatic rings. The summed E-state index contributed by atoms with van der Waals surface area (Å²) in [5, 5.41) is 6.62. The van der Waals surface area contributed by atoms with Gasteiger partial charge in [0.05, 0.1) is 6.10 Å². The van der Waals surface area contributed by atoms with Crippen molar-refractivity contribution in [3.05, 3.63) is 0 Å². The zero-order chi connectivity index (χ0) is 17.3. The summed E-state index contributed by atoms with van der Waals surface area (Å²) in [6.07, 6.45) is 6.62. The maximum absolute atomic E-state index is 11.9. The van der Waals surface area contributed by atoms with Crippen LogP contribution in [0.5, 0.6) is 0 Å². The summed E-state index contributed by atoms with van der Waals surface area (Å²) < 4.78 is 10.9. The molecule has 0 aromatic heterocycles. The minimum absolute atomic E-state index is 0.223. The van der Waals surface area contributed by atoms with E-state index in [1.807, 2.05) is 20.8 Å². The molecular weight excluding hydrogens is 292 g/mol. The van der Waals surface area contributed by atoms with Crippen molar-refractivity contribution >= 4 is 6.09 Å². The summed E-state index contributed by atoms with van der Waals surface area (Å²) in [5.74, 6) is 0. The Hall–Kier alpha value is -0.810. The van der Waals surface area contributed by atoms with Gasteiger partial charge in [0.25, 0.3) is 0 Å². The molecule has 1 saturated carbocycles. The first-order valence-corrected chi connectivity index (χ1v) is 9.11. The third-order valence-electron chi connectivity index (χ3n) is 3.85. The number of alkyl carbamates (subject to hydrolysis) is 1. The minimum Gasteiger partial charge on any atom is -0.444 e. The molecule has 0 bridgehead atoms. The predicted molar refractivity (Wildman–Crippen MR) is 93.7 cm³/mol. The standard InChI is InChI=1S/C18H36N2O3/c1-14(2)22-12-7-6-11-19-15-9-8-10-16(13-15)20-17(21)23-18(3,4)5/h14-16,19H,6-13H2,1-5H3,(H,20,21). The minimum atomic E-state index is -0.436. The van der Waals surface area contributed by atoms with E-state index in [2.05, 4.69) is 24.5 Å². The van der Waals surface area contributed by atoms with E-state index in [-0.39, 0.29) is 12.1 Å². The van der Waals surface area contributed by atoms with Gasteiger partial charge in [-0.25, -0.2) is 4.79 Å². The quantitative estimate of drug-likeness (QED) is 0.668.